The molecule has 1 atom stereocenters. The summed E-state index contributed by atoms with van der Waals surface area (Å²) in [5.41, 5.74) is 5.52. The number of carbonyl (C=O) groups is 1. The Labute approximate surface area is 100 Å². The highest BCUT2D eigenvalue weighted by atomic mass is 16.2. The molecule has 1 amide bonds. The predicted octanol–water partition coefficient (Wildman–Crippen LogP) is 2.40. The lowest BCUT2D eigenvalue weighted by molar-refractivity contribution is -0.136. The zero-order valence-corrected chi connectivity index (χ0v) is 11.3. The molecule has 0 aromatic rings. The fourth-order valence-corrected chi connectivity index (χ4v) is 2.03. The van der Waals surface area contributed by atoms with E-state index in [1.807, 2.05) is 11.9 Å². The van der Waals surface area contributed by atoms with Gasteiger partial charge in [0.25, 0.3) is 0 Å². The fourth-order valence-electron chi connectivity index (χ4n) is 2.03. The maximum Gasteiger partial charge on any atom is 0.225 e. The second-order valence-electron chi connectivity index (χ2n) is 4.65. The van der Waals surface area contributed by atoms with E-state index in [0.717, 1.165) is 32.1 Å². The van der Waals surface area contributed by atoms with Crippen LogP contribution in [-0.2, 0) is 4.79 Å². The summed E-state index contributed by atoms with van der Waals surface area (Å²) in [6, 6.07) is 0.258. The molecule has 0 aliphatic carbocycles. The molecule has 2 N–H and O–H groups in total. The van der Waals surface area contributed by atoms with Crippen LogP contribution in [0.2, 0.25) is 0 Å². The van der Waals surface area contributed by atoms with Crippen molar-refractivity contribution in [3.63, 3.8) is 0 Å². The summed E-state index contributed by atoms with van der Waals surface area (Å²) >= 11 is 0. The van der Waals surface area contributed by atoms with E-state index in [4.69, 9.17) is 5.73 Å². The van der Waals surface area contributed by atoms with E-state index < -0.39 is 0 Å². The van der Waals surface area contributed by atoms with Gasteiger partial charge in [0.1, 0.15) is 0 Å². The molecule has 0 aromatic carbocycles. The van der Waals surface area contributed by atoms with Crippen molar-refractivity contribution in [1.82, 2.24) is 4.90 Å². The zero-order chi connectivity index (χ0) is 12.6. The number of nitrogens with zero attached hydrogens (tertiary/aromatic N) is 1. The van der Waals surface area contributed by atoms with E-state index in [1.54, 1.807) is 0 Å². The number of nitrogens with two attached hydrogens (primary N) is 1. The summed E-state index contributed by atoms with van der Waals surface area (Å²) in [6.07, 6.45) is 5.05. The Morgan fingerprint density at radius 1 is 1.19 bits per heavy atom. The zero-order valence-electron chi connectivity index (χ0n) is 11.3. The number of carbonyl (C=O) groups excluding carboxylic acids is 1. The summed E-state index contributed by atoms with van der Waals surface area (Å²) in [6.45, 7) is 6.99. The van der Waals surface area contributed by atoms with Crippen LogP contribution >= 0.6 is 0 Å². The van der Waals surface area contributed by atoms with Crippen molar-refractivity contribution in [3.05, 3.63) is 0 Å². The van der Waals surface area contributed by atoms with Crippen LogP contribution in [0, 0.1) is 5.92 Å². The lowest BCUT2D eigenvalue weighted by Gasteiger charge is -2.28. The van der Waals surface area contributed by atoms with Gasteiger partial charge in [-0.1, -0.05) is 26.7 Å². The Morgan fingerprint density at radius 2 is 1.69 bits per heavy atom. The van der Waals surface area contributed by atoms with Crippen LogP contribution in [0.4, 0.5) is 0 Å². The lowest BCUT2D eigenvalue weighted by Crippen LogP contribution is -2.40. The molecule has 0 aliphatic rings. The van der Waals surface area contributed by atoms with Gasteiger partial charge in [-0.05, 0) is 32.7 Å². The van der Waals surface area contributed by atoms with Crippen molar-refractivity contribution >= 4 is 5.91 Å². The summed E-state index contributed by atoms with van der Waals surface area (Å²) in [7, 11) is 1.90. The number of hydrogen-bond acceptors (Lipinski definition) is 2. The molecule has 3 heteroatoms. The number of hydrogen-bond donors (Lipinski definition) is 1. The van der Waals surface area contributed by atoms with Gasteiger partial charge in [-0.3, -0.25) is 4.79 Å². The minimum atomic E-state index is 0.209. The topological polar surface area (TPSA) is 46.3 Å². The molecular weight excluding hydrogens is 200 g/mol. The first kappa shape index (κ1) is 15.4. The highest BCUT2D eigenvalue weighted by Crippen LogP contribution is 2.17. The molecule has 0 fully saturated rings. The van der Waals surface area contributed by atoms with E-state index in [-0.39, 0.29) is 12.0 Å². The SMILES string of the molecule is CCCC(CCC)C(=O)N(C)C(C)CCN. The van der Waals surface area contributed by atoms with E-state index >= 15 is 0 Å². The van der Waals surface area contributed by atoms with Crippen LogP contribution in [-0.4, -0.2) is 30.4 Å². The van der Waals surface area contributed by atoms with E-state index in [0.29, 0.717) is 12.5 Å². The van der Waals surface area contributed by atoms with Crippen molar-refractivity contribution in [1.29, 1.82) is 0 Å². The van der Waals surface area contributed by atoms with Crippen molar-refractivity contribution in [2.45, 2.75) is 58.9 Å². The number of rotatable bonds is 8. The third-order valence-corrected chi connectivity index (χ3v) is 3.22. The quantitative estimate of drug-likeness (QED) is 0.693. The fraction of sp³-hybridized carbons (Fsp3) is 0.923. The number of amides is 1. The lowest BCUT2D eigenvalue weighted by atomic mass is 9.96. The third-order valence-electron chi connectivity index (χ3n) is 3.22. The van der Waals surface area contributed by atoms with Gasteiger partial charge in [-0.15, -0.1) is 0 Å². The molecule has 0 aromatic heterocycles. The Hall–Kier alpha value is -0.570. The van der Waals surface area contributed by atoms with Crippen LogP contribution in [0.1, 0.15) is 52.9 Å². The summed E-state index contributed by atoms with van der Waals surface area (Å²) < 4.78 is 0. The molecule has 0 saturated heterocycles. The summed E-state index contributed by atoms with van der Waals surface area (Å²) in [5.74, 6) is 0.505. The van der Waals surface area contributed by atoms with Crippen molar-refractivity contribution in [3.8, 4) is 0 Å². The molecule has 16 heavy (non-hydrogen) atoms. The predicted molar refractivity (Wildman–Crippen MR) is 69.2 cm³/mol. The summed E-state index contributed by atoms with van der Waals surface area (Å²) in [5, 5.41) is 0. The molecule has 0 rings (SSSR count). The molecule has 0 radical (unpaired) electrons. The minimum Gasteiger partial charge on any atom is -0.343 e. The van der Waals surface area contributed by atoms with Gasteiger partial charge >= 0.3 is 0 Å². The van der Waals surface area contributed by atoms with Crippen molar-refractivity contribution < 1.29 is 4.79 Å². The van der Waals surface area contributed by atoms with Gasteiger partial charge in [0, 0.05) is 19.0 Å². The van der Waals surface area contributed by atoms with Crippen LogP contribution in [0.25, 0.3) is 0 Å². The smallest absolute Gasteiger partial charge is 0.225 e. The molecule has 0 bridgehead atoms. The Morgan fingerprint density at radius 3 is 2.06 bits per heavy atom. The Kier molecular flexibility index (Phi) is 8.26. The first-order chi connectivity index (χ1) is 7.58. The average Bonchev–Trinajstić information content (AvgIpc) is 2.27. The van der Waals surface area contributed by atoms with Crippen LogP contribution in [0.3, 0.4) is 0 Å². The van der Waals surface area contributed by atoms with Gasteiger partial charge in [-0.2, -0.15) is 0 Å². The molecule has 3 nitrogen and oxygen atoms in total. The molecular formula is C13H28N2O. The van der Waals surface area contributed by atoms with Gasteiger partial charge in [-0.25, -0.2) is 0 Å². The Balaban J connectivity index is 4.34. The molecule has 0 heterocycles. The van der Waals surface area contributed by atoms with Crippen molar-refractivity contribution in [2.75, 3.05) is 13.6 Å². The first-order valence-corrected chi connectivity index (χ1v) is 6.55. The van der Waals surface area contributed by atoms with E-state index in [2.05, 4.69) is 20.8 Å². The van der Waals surface area contributed by atoms with Crippen LogP contribution in [0.15, 0.2) is 0 Å². The van der Waals surface area contributed by atoms with E-state index in [1.165, 1.54) is 0 Å². The molecule has 96 valence electrons. The van der Waals surface area contributed by atoms with Gasteiger partial charge in [0.05, 0.1) is 0 Å². The first-order valence-electron chi connectivity index (χ1n) is 6.55. The van der Waals surface area contributed by atoms with E-state index in [9.17, 15) is 4.79 Å². The van der Waals surface area contributed by atoms with Gasteiger partial charge < -0.3 is 10.6 Å². The van der Waals surface area contributed by atoms with Crippen LogP contribution in [0.5, 0.6) is 0 Å². The standard InChI is InChI=1S/C13H28N2O/c1-5-7-12(8-6-2)13(16)15(4)11(3)9-10-14/h11-12H,5-10,14H2,1-4H3. The Bertz CT molecular complexity index is 188. The summed E-state index contributed by atoms with van der Waals surface area (Å²) in [4.78, 5) is 14.1. The monoisotopic (exact) mass is 228 g/mol. The maximum absolute atomic E-state index is 12.2. The van der Waals surface area contributed by atoms with Gasteiger partial charge in [0.15, 0.2) is 0 Å². The third kappa shape index (κ3) is 4.97. The van der Waals surface area contributed by atoms with Crippen LogP contribution < -0.4 is 5.73 Å². The average molecular weight is 228 g/mol. The second-order valence-corrected chi connectivity index (χ2v) is 4.65. The minimum absolute atomic E-state index is 0.209. The highest BCUT2D eigenvalue weighted by Gasteiger charge is 2.23. The molecule has 1 unspecified atom stereocenters. The normalized spacial score (nSPS) is 12.9. The maximum atomic E-state index is 12.2. The van der Waals surface area contributed by atoms with Crippen molar-refractivity contribution in [2.24, 2.45) is 11.7 Å². The molecule has 0 aliphatic heterocycles. The largest absolute Gasteiger partial charge is 0.343 e. The highest BCUT2D eigenvalue weighted by molar-refractivity contribution is 5.78. The molecule has 0 spiro atoms. The van der Waals surface area contributed by atoms with Gasteiger partial charge in [0.2, 0.25) is 5.91 Å². The molecule has 0 saturated carbocycles. The second kappa shape index (κ2) is 8.57.